The van der Waals surface area contributed by atoms with Gasteiger partial charge in [-0.1, -0.05) is 32.9 Å². The Morgan fingerprint density at radius 1 is 1.31 bits per heavy atom. The number of aromatic nitrogens is 1. The minimum Gasteiger partial charge on any atom is -0.301 e. The zero-order valence-electron chi connectivity index (χ0n) is 15.4. The van der Waals surface area contributed by atoms with Gasteiger partial charge in [-0.2, -0.15) is 0 Å². The number of nitrogens with zero attached hydrogens (tertiary/aromatic N) is 1. The second kappa shape index (κ2) is 6.46. The van der Waals surface area contributed by atoms with E-state index in [2.05, 4.69) is 31.1 Å². The van der Waals surface area contributed by atoms with E-state index in [1.165, 1.54) is 17.6 Å². The van der Waals surface area contributed by atoms with Crippen LogP contribution >= 0.6 is 11.3 Å². The molecule has 1 aromatic carbocycles. The van der Waals surface area contributed by atoms with Gasteiger partial charge in [0.1, 0.15) is 0 Å². The van der Waals surface area contributed by atoms with Crippen LogP contribution in [0.2, 0.25) is 0 Å². The highest BCUT2D eigenvalue weighted by Gasteiger charge is 2.61. The second-order valence-electron chi connectivity index (χ2n) is 8.23. The van der Waals surface area contributed by atoms with Crippen molar-refractivity contribution >= 4 is 32.2 Å². The normalized spacial score (nSPS) is 22.8. The van der Waals surface area contributed by atoms with Gasteiger partial charge < -0.3 is 5.32 Å². The maximum absolute atomic E-state index is 13.1. The number of benzene rings is 1. The number of carbonyl (C=O) groups is 1. The predicted molar refractivity (Wildman–Crippen MR) is 104 cm³/mol. The minimum absolute atomic E-state index is 0.0613. The summed E-state index contributed by atoms with van der Waals surface area (Å²) in [6, 6.07) is 6.74. The SMILES string of the molecule is CC(C)(C)CC1CC1(C(=O)Nc1nccs1)c1ccc(S(C)(=O)=O)cc1. The molecule has 0 aliphatic heterocycles. The molecule has 0 bridgehead atoms. The Morgan fingerprint density at radius 3 is 2.46 bits per heavy atom. The Kier molecular flexibility index (Phi) is 4.73. The first kappa shape index (κ1) is 19.0. The quantitative estimate of drug-likeness (QED) is 0.838. The Hall–Kier alpha value is -1.73. The van der Waals surface area contributed by atoms with E-state index in [0.717, 1.165) is 18.4 Å². The van der Waals surface area contributed by atoms with Crippen molar-refractivity contribution in [2.24, 2.45) is 11.3 Å². The van der Waals surface area contributed by atoms with E-state index in [1.54, 1.807) is 30.5 Å². The van der Waals surface area contributed by atoms with Crippen LogP contribution in [-0.4, -0.2) is 25.6 Å². The average Bonchev–Trinajstić information content (AvgIpc) is 2.98. The van der Waals surface area contributed by atoms with E-state index in [0.29, 0.717) is 5.13 Å². The number of thiazole rings is 1. The summed E-state index contributed by atoms with van der Waals surface area (Å²) < 4.78 is 23.4. The molecule has 1 N–H and O–H groups in total. The summed E-state index contributed by atoms with van der Waals surface area (Å²) >= 11 is 1.39. The first-order valence-corrected chi connectivity index (χ1v) is 11.3. The molecule has 1 fully saturated rings. The van der Waals surface area contributed by atoms with Gasteiger partial charge >= 0.3 is 0 Å². The molecule has 26 heavy (non-hydrogen) atoms. The van der Waals surface area contributed by atoms with Crippen molar-refractivity contribution in [2.45, 2.75) is 43.9 Å². The summed E-state index contributed by atoms with van der Waals surface area (Å²) in [4.78, 5) is 17.5. The van der Waals surface area contributed by atoms with E-state index in [1.807, 2.05) is 5.38 Å². The molecular weight excluding hydrogens is 368 g/mol. The van der Waals surface area contributed by atoms with Crippen molar-refractivity contribution in [3.63, 3.8) is 0 Å². The number of sulfone groups is 1. The number of anilines is 1. The van der Waals surface area contributed by atoms with Gasteiger partial charge in [0.05, 0.1) is 10.3 Å². The number of carbonyl (C=O) groups excluding carboxylic acids is 1. The van der Waals surface area contributed by atoms with Crippen LogP contribution in [-0.2, 0) is 20.0 Å². The largest absolute Gasteiger partial charge is 0.301 e. The molecule has 5 nitrogen and oxygen atoms in total. The van der Waals surface area contributed by atoms with Crippen LogP contribution in [0.1, 0.15) is 39.2 Å². The number of hydrogen-bond acceptors (Lipinski definition) is 5. The molecule has 2 atom stereocenters. The van der Waals surface area contributed by atoms with Crippen LogP contribution in [0, 0.1) is 11.3 Å². The van der Waals surface area contributed by atoms with Crippen LogP contribution < -0.4 is 5.32 Å². The molecule has 1 aromatic heterocycles. The fourth-order valence-electron chi connectivity index (χ4n) is 3.57. The first-order valence-electron chi connectivity index (χ1n) is 8.54. The van der Waals surface area contributed by atoms with Crippen LogP contribution in [0.15, 0.2) is 40.7 Å². The summed E-state index contributed by atoms with van der Waals surface area (Å²) in [5, 5.41) is 5.34. The Balaban J connectivity index is 1.93. The fraction of sp³-hybridized carbons (Fsp3) is 0.474. The number of nitrogens with one attached hydrogen (secondary N) is 1. The van der Waals surface area contributed by atoms with E-state index < -0.39 is 15.3 Å². The van der Waals surface area contributed by atoms with E-state index in [4.69, 9.17) is 0 Å². The lowest BCUT2D eigenvalue weighted by Gasteiger charge is -2.22. The maximum atomic E-state index is 13.1. The Morgan fingerprint density at radius 2 is 1.96 bits per heavy atom. The summed E-state index contributed by atoms with van der Waals surface area (Å²) in [7, 11) is -3.26. The first-order chi connectivity index (χ1) is 12.0. The maximum Gasteiger partial charge on any atom is 0.237 e. The molecule has 0 radical (unpaired) electrons. The number of hydrogen-bond donors (Lipinski definition) is 1. The molecule has 1 heterocycles. The third kappa shape index (κ3) is 3.83. The topological polar surface area (TPSA) is 76.1 Å². The van der Waals surface area contributed by atoms with Crippen LogP contribution in [0.25, 0.3) is 0 Å². The van der Waals surface area contributed by atoms with Crippen molar-refractivity contribution in [2.75, 3.05) is 11.6 Å². The molecule has 7 heteroatoms. The van der Waals surface area contributed by atoms with Gasteiger partial charge in [-0.25, -0.2) is 13.4 Å². The van der Waals surface area contributed by atoms with Gasteiger partial charge in [-0.15, -0.1) is 11.3 Å². The third-order valence-electron chi connectivity index (χ3n) is 4.82. The summed E-state index contributed by atoms with van der Waals surface area (Å²) in [5.41, 5.74) is 0.364. The zero-order chi connectivity index (χ0) is 19.2. The average molecular weight is 393 g/mol. The van der Waals surface area contributed by atoms with Crippen molar-refractivity contribution in [1.29, 1.82) is 0 Å². The van der Waals surface area contributed by atoms with Gasteiger partial charge in [0.2, 0.25) is 5.91 Å². The lowest BCUT2D eigenvalue weighted by Crippen LogP contribution is -2.30. The predicted octanol–water partition coefficient (Wildman–Crippen LogP) is 3.88. The zero-order valence-corrected chi connectivity index (χ0v) is 17.1. The Bertz CT molecular complexity index is 897. The van der Waals surface area contributed by atoms with Crippen molar-refractivity contribution < 1.29 is 13.2 Å². The van der Waals surface area contributed by atoms with Crippen LogP contribution in [0.3, 0.4) is 0 Å². The highest BCUT2D eigenvalue weighted by Crippen LogP contribution is 2.59. The summed E-state index contributed by atoms with van der Waals surface area (Å²) in [6.07, 6.45) is 4.53. The van der Waals surface area contributed by atoms with Gasteiger partial charge in [-0.3, -0.25) is 4.79 Å². The lowest BCUT2D eigenvalue weighted by molar-refractivity contribution is -0.119. The third-order valence-corrected chi connectivity index (χ3v) is 6.64. The Labute approximate surface area is 158 Å². The molecule has 1 aliphatic rings. The van der Waals surface area contributed by atoms with E-state index in [9.17, 15) is 13.2 Å². The van der Waals surface area contributed by atoms with Crippen LogP contribution in [0.4, 0.5) is 5.13 Å². The molecule has 140 valence electrons. The summed E-state index contributed by atoms with van der Waals surface area (Å²) in [5.74, 6) is 0.167. The van der Waals surface area contributed by atoms with Crippen molar-refractivity contribution in [1.82, 2.24) is 4.98 Å². The monoisotopic (exact) mass is 392 g/mol. The molecule has 0 spiro atoms. The lowest BCUT2D eigenvalue weighted by atomic mass is 9.84. The molecule has 0 saturated heterocycles. The fourth-order valence-corrected chi connectivity index (χ4v) is 4.73. The van der Waals surface area contributed by atoms with E-state index >= 15 is 0 Å². The number of amides is 1. The van der Waals surface area contributed by atoms with E-state index in [-0.39, 0.29) is 22.1 Å². The standard InChI is InChI=1S/C19H24N2O3S2/c1-18(2,3)11-14-12-19(14,16(22)21-17-20-9-10-25-17)13-5-7-15(8-6-13)26(4,23)24/h5-10,14H,11-12H2,1-4H3,(H,20,21,22). The minimum atomic E-state index is -3.26. The van der Waals surface area contributed by atoms with Gasteiger partial charge in [0.25, 0.3) is 0 Å². The second-order valence-corrected chi connectivity index (χ2v) is 11.1. The van der Waals surface area contributed by atoms with Crippen molar-refractivity contribution in [3.05, 3.63) is 41.4 Å². The molecule has 1 aliphatic carbocycles. The van der Waals surface area contributed by atoms with Gasteiger partial charge in [0.15, 0.2) is 15.0 Å². The molecule has 3 rings (SSSR count). The molecule has 2 unspecified atom stereocenters. The van der Waals surface area contributed by atoms with Crippen molar-refractivity contribution in [3.8, 4) is 0 Å². The molecular formula is C19H24N2O3S2. The molecule has 2 aromatic rings. The number of rotatable bonds is 5. The van der Waals surface area contributed by atoms with Gasteiger partial charge in [0, 0.05) is 17.8 Å². The highest BCUT2D eigenvalue weighted by atomic mass is 32.2. The summed E-state index contributed by atoms with van der Waals surface area (Å²) in [6.45, 7) is 6.50. The van der Waals surface area contributed by atoms with Crippen LogP contribution in [0.5, 0.6) is 0 Å². The smallest absolute Gasteiger partial charge is 0.237 e. The van der Waals surface area contributed by atoms with Gasteiger partial charge in [-0.05, 0) is 41.9 Å². The molecule has 1 amide bonds. The highest BCUT2D eigenvalue weighted by molar-refractivity contribution is 7.90. The molecule has 1 saturated carbocycles.